The van der Waals surface area contributed by atoms with Gasteiger partial charge in [0.25, 0.3) is 0 Å². The van der Waals surface area contributed by atoms with Crippen LogP contribution in [0, 0.1) is 19.3 Å². The van der Waals surface area contributed by atoms with Crippen LogP contribution in [-0.2, 0) is 6.42 Å². The molecule has 0 aliphatic heterocycles. The Balaban J connectivity index is 2.96. The zero-order valence-corrected chi connectivity index (χ0v) is 15.1. The second kappa shape index (κ2) is 6.78. The first-order valence-electron chi connectivity index (χ1n) is 7.86. The number of rotatable bonds is 6. The molecule has 1 N–H and O–H groups in total. The third kappa shape index (κ3) is 4.99. The first-order chi connectivity index (χ1) is 9.62. The second-order valence-corrected chi connectivity index (χ2v) is 7.49. The minimum atomic E-state index is 0.143. The Bertz CT molecular complexity index is 477. The number of aromatic nitrogens is 1. The minimum absolute atomic E-state index is 0.143. The highest BCUT2D eigenvalue weighted by atomic mass is 16.5. The fourth-order valence-corrected chi connectivity index (χ4v) is 2.44. The molecule has 0 amide bonds. The Morgan fingerprint density at radius 3 is 2.29 bits per heavy atom. The van der Waals surface area contributed by atoms with E-state index in [1.165, 1.54) is 5.56 Å². The highest BCUT2D eigenvalue weighted by Gasteiger charge is 2.26. The normalized spacial score (nSPS) is 14.9. The summed E-state index contributed by atoms with van der Waals surface area (Å²) in [6, 6.07) is 0. The average Bonchev–Trinajstić information content (AvgIpc) is 2.40. The molecule has 1 rings (SSSR count). The maximum atomic E-state index is 5.52. The molecule has 1 aromatic heterocycles. The van der Waals surface area contributed by atoms with Gasteiger partial charge in [-0.25, -0.2) is 0 Å². The first-order valence-corrected chi connectivity index (χ1v) is 7.86. The van der Waals surface area contributed by atoms with Gasteiger partial charge in [0.2, 0.25) is 0 Å². The van der Waals surface area contributed by atoms with Crippen molar-refractivity contribution in [3.8, 4) is 5.75 Å². The van der Waals surface area contributed by atoms with Gasteiger partial charge in [-0.3, -0.25) is 4.98 Å². The van der Waals surface area contributed by atoms with Gasteiger partial charge in [0.1, 0.15) is 5.75 Å². The van der Waals surface area contributed by atoms with Crippen molar-refractivity contribution in [1.29, 1.82) is 0 Å². The fraction of sp³-hybridized carbons (Fsp3) is 0.722. The van der Waals surface area contributed by atoms with Crippen molar-refractivity contribution in [1.82, 2.24) is 10.3 Å². The van der Waals surface area contributed by atoms with Crippen molar-refractivity contribution >= 4 is 0 Å². The zero-order valence-electron chi connectivity index (χ0n) is 15.1. The van der Waals surface area contributed by atoms with Gasteiger partial charge >= 0.3 is 0 Å². The fourth-order valence-electron chi connectivity index (χ4n) is 2.44. The number of ether oxygens (including phenoxy) is 1. The average molecular weight is 292 g/mol. The molecule has 1 unspecified atom stereocenters. The number of methoxy groups -OCH3 is 1. The van der Waals surface area contributed by atoms with Gasteiger partial charge in [-0.1, -0.05) is 13.8 Å². The van der Waals surface area contributed by atoms with Crippen LogP contribution in [0.1, 0.15) is 57.9 Å². The van der Waals surface area contributed by atoms with Gasteiger partial charge in [-0.15, -0.1) is 0 Å². The van der Waals surface area contributed by atoms with E-state index in [1.54, 1.807) is 7.11 Å². The lowest BCUT2D eigenvalue weighted by Gasteiger charge is -2.33. The molecule has 0 aliphatic carbocycles. The molecule has 1 aromatic rings. The van der Waals surface area contributed by atoms with E-state index in [2.05, 4.69) is 51.8 Å². The molecule has 3 nitrogen and oxygen atoms in total. The van der Waals surface area contributed by atoms with Crippen LogP contribution in [0.5, 0.6) is 5.75 Å². The molecule has 0 aliphatic rings. The molecule has 1 heterocycles. The molecule has 0 aromatic carbocycles. The van der Waals surface area contributed by atoms with Crippen molar-refractivity contribution in [3.63, 3.8) is 0 Å². The van der Waals surface area contributed by atoms with Crippen molar-refractivity contribution in [2.45, 2.75) is 66.8 Å². The maximum absolute atomic E-state index is 5.52. The van der Waals surface area contributed by atoms with Crippen LogP contribution >= 0.6 is 0 Å². The lowest BCUT2D eigenvalue weighted by Crippen LogP contribution is -2.43. The van der Waals surface area contributed by atoms with E-state index in [1.807, 2.05) is 13.1 Å². The Kier molecular flexibility index (Phi) is 5.80. The summed E-state index contributed by atoms with van der Waals surface area (Å²) >= 11 is 0. The van der Waals surface area contributed by atoms with E-state index in [4.69, 9.17) is 4.74 Å². The molecule has 0 saturated heterocycles. The van der Waals surface area contributed by atoms with Gasteiger partial charge in [0, 0.05) is 35.1 Å². The van der Waals surface area contributed by atoms with E-state index >= 15 is 0 Å². The van der Waals surface area contributed by atoms with Gasteiger partial charge < -0.3 is 10.1 Å². The number of aryl methyl sites for hydroxylation is 1. The number of hydrogen-bond acceptors (Lipinski definition) is 3. The highest BCUT2D eigenvalue weighted by Crippen LogP contribution is 2.31. The van der Waals surface area contributed by atoms with E-state index in [0.717, 1.165) is 36.4 Å². The van der Waals surface area contributed by atoms with Gasteiger partial charge in [-0.05, 0) is 52.9 Å². The number of nitrogens with one attached hydrogen (secondary N) is 1. The van der Waals surface area contributed by atoms with E-state index in [9.17, 15) is 0 Å². The van der Waals surface area contributed by atoms with Crippen LogP contribution in [0.4, 0.5) is 0 Å². The van der Waals surface area contributed by atoms with E-state index < -0.39 is 0 Å². The minimum Gasteiger partial charge on any atom is -0.496 e. The standard InChI is InChI=1S/C18H32N2O/c1-9-18(7,12-20-17(4,5)6)10-15-14(3)16(21-8)13(2)11-19-15/h11,20H,9-10,12H2,1-8H3. The number of nitrogens with zero attached hydrogens (tertiary/aromatic N) is 1. The molecular formula is C18H32N2O. The summed E-state index contributed by atoms with van der Waals surface area (Å²) in [6.45, 7) is 16.4. The Morgan fingerprint density at radius 2 is 1.81 bits per heavy atom. The Morgan fingerprint density at radius 1 is 1.19 bits per heavy atom. The third-order valence-electron chi connectivity index (χ3n) is 4.24. The molecule has 0 fully saturated rings. The topological polar surface area (TPSA) is 34.2 Å². The molecule has 1 atom stereocenters. The summed E-state index contributed by atoms with van der Waals surface area (Å²) in [5.41, 5.74) is 3.77. The molecule has 0 radical (unpaired) electrons. The van der Waals surface area contributed by atoms with Crippen LogP contribution in [0.15, 0.2) is 6.20 Å². The van der Waals surface area contributed by atoms with E-state index in [-0.39, 0.29) is 11.0 Å². The van der Waals surface area contributed by atoms with Crippen molar-refractivity contribution in [3.05, 3.63) is 23.0 Å². The highest BCUT2D eigenvalue weighted by molar-refractivity contribution is 5.41. The first kappa shape index (κ1) is 18.0. The van der Waals surface area contributed by atoms with Gasteiger partial charge in [0.05, 0.1) is 7.11 Å². The molecule has 0 saturated carbocycles. The molecule has 3 heteroatoms. The molecular weight excluding hydrogens is 260 g/mol. The van der Waals surface area contributed by atoms with Gasteiger partial charge in [-0.2, -0.15) is 0 Å². The van der Waals surface area contributed by atoms with Crippen LogP contribution in [0.3, 0.4) is 0 Å². The third-order valence-corrected chi connectivity index (χ3v) is 4.24. The summed E-state index contributed by atoms with van der Waals surface area (Å²) in [6.07, 6.45) is 4.01. The summed E-state index contributed by atoms with van der Waals surface area (Å²) in [4.78, 5) is 4.66. The molecule has 21 heavy (non-hydrogen) atoms. The Hall–Kier alpha value is -1.09. The molecule has 0 bridgehead atoms. The number of hydrogen-bond donors (Lipinski definition) is 1. The smallest absolute Gasteiger partial charge is 0.128 e. The lowest BCUT2D eigenvalue weighted by atomic mass is 9.81. The van der Waals surface area contributed by atoms with E-state index in [0.29, 0.717) is 0 Å². The SMILES string of the molecule is CCC(C)(CNC(C)(C)C)Cc1ncc(C)c(OC)c1C. The van der Waals surface area contributed by atoms with Crippen LogP contribution < -0.4 is 10.1 Å². The summed E-state index contributed by atoms with van der Waals surface area (Å²) in [7, 11) is 1.74. The summed E-state index contributed by atoms with van der Waals surface area (Å²) < 4.78 is 5.52. The van der Waals surface area contributed by atoms with Crippen molar-refractivity contribution in [2.75, 3.05) is 13.7 Å². The second-order valence-electron chi connectivity index (χ2n) is 7.49. The largest absolute Gasteiger partial charge is 0.496 e. The predicted molar refractivity (Wildman–Crippen MR) is 90.1 cm³/mol. The zero-order chi connectivity index (χ0) is 16.3. The van der Waals surface area contributed by atoms with Crippen LogP contribution in [0.2, 0.25) is 0 Å². The van der Waals surface area contributed by atoms with Crippen LogP contribution in [-0.4, -0.2) is 24.2 Å². The molecule has 120 valence electrons. The maximum Gasteiger partial charge on any atom is 0.128 e. The molecule has 0 spiro atoms. The monoisotopic (exact) mass is 292 g/mol. The lowest BCUT2D eigenvalue weighted by molar-refractivity contribution is 0.252. The number of pyridine rings is 1. The Labute approximate surface area is 130 Å². The predicted octanol–water partition coefficient (Wildman–Crippen LogP) is 4.05. The summed E-state index contributed by atoms with van der Waals surface area (Å²) in [5, 5.41) is 3.63. The van der Waals surface area contributed by atoms with Gasteiger partial charge in [0.15, 0.2) is 0 Å². The van der Waals surface area contributed by atoms with Crippen molar-refractivity contribution in [2.24, 2.45) is 5.41 Å². The summed E-state index contributed by atoms with van der Waals surface area (Å²) in [5.74, 6) is 0.974. The van der Waals surface area contributed by atoms with Crippen LogP contribution in [0.25, 0.3) is 0 Å². The quantitative estimate of drug-likeness (QED) is 0.858. The van der Waals surface area contributed by atoms with Crippen molar-refractivity contribution < 1.29 is 4.74 Å².